The summed E-state index contributed by atoms with van der Waals surface area (Å²) >= 11 is 9.57. The van der Waals surface area contributed by atoms with Crippen LogP contribution in [0.3, 0.4) is 0 Å². The molecule has 1 aliphatic rings. The van der Waals surface area contributed by atoms with E-state index in [0.717, 1.165) is 29.4 Å². The number of alkyl halides is 1. The summed E-state index contributed by atoms with van der Waals surface area (Å²) in [5.41, 5.74) is 2.55. The van der Waals surface area contributed by atoms with Gasteiger partial charge in [-0.2, -0.15) is 0 Å². The van der Waals surface area contributed by atoms with E-state index in [1.54, 1.807) is 0 Å². The van der Waals surface area contributed by atoms with E-state index in [1.165, 1.54) is 24.1 Å². The summed E-state index contributed by atoms with van der Waals surface area (Å²) in [5.74, 6) is 2.28. The Morgan fingerprint density at radius 2 is 2.00 bits per heavy atom. The smallest absolute Gasteiger partial charge is 0.0494 e. The molecule has 1 heterocycles. The van der Waals surface area contributed by atoms with Gasteiger partial charge >= 0.3 is 0 Å². The third-order valence-corrected chi connectivity index (χ3v) is 4.79. The van der Waals surface area contributed by atoms with E-state index in [1.807, 2.05) is 0 Å². The van der Waals surface area contributed by atoms with E-state index in [0.29, 0.717) is 5.88 Å². The summed E-state index contributed by atoms with van der Waals surface area (Å²) in [6.45, 7) is 7.00. The van der Waals surface area contributed by atoms with Gasteiger partial charge < -0.3 is 4.90 Å². The Balaban J connectivity index is 2.09. The molecule has 0 radical (unpaired) electrons. The molecule has 0 saturated carbocycles. The minimum atomic E-state index is 0.582. The molecule has 1 nitrogen and oxygen atoms in total. The highest BCUT2D eigenvalue weighted by molar-refractivity contribution is 9.10. The maximum absolute atomic E-state index is 6.05. The predicted octanol–water partition coefficient (Wildman–Crippen LogP) is 5.06. The normalized spacial score (nSPS) is 17.5. The van der Waals surface area contributed by atoms with Gasteiger partial charge in [-0.05, 0) is 48.4 Å². The quantitative estimate of drug-likeness (QED) is 0.700. The summed E-state index contributed by atoms with van der Waals surface area (Å²) in [4.78, 5) is 2.49. The Labute approximate surface area is 124 Å². The first kappa shape index (κ1) is 14.2. The van der Waals surface area contributed by atoms with E-state index in [9.17, 15) is 0 Å². The molecule has 1 fully saturated rings. The van der Waals surface area contributed by atoms with Crippen LogP contribution in [0.2, 0.25) is 0 Å². The lowest BCUT2D eigenvalue weighted by Gasteiger charge is -2.36. The van der Waals surface area contributed by atoms with Gasteiger partial charge in [0.2, 0.25) is 0 Å². The molecule has 0 unspecified atom stereocenters. The van der Waals surface area contributed by atoms with Crippen molar-refractivity contribution in [3.63, 3.8) is 0 Å². The number of anilines is 1. The van der Waals surface area contributed by atoms with E-state index in [2.05, 4.69) is 52.9 Å². The highest BCUT2D eigenvalue weighted by Gasteiger charge is 2.22. The largest absolute Gasteiger partial charge is 0.371 e. The number of halogens is 2. The molecule has 0 amide bonds. The van der Waals surface area contributed by atoms with Crippen LogP contribution in [0, 0.1) is 11.8 Å². The standard InChI is InChI=1S/C15H21BrClN/c1-11(2)12-5-7-18(8-6-12)15-4-3-14(16)9-13(15)10-17/h3-4,9,11-12H,5-8,10H2,1-2H3. The van der Waals surface area contributed by atoms with Crippen LogP contribution in [-0.2, 0) is 5.88 Å². The molecule has 1 saturated heterocycles. The average Bonchev–Trinajstić information content (AvgIpc) is 2.38. The van der Waals surface area contributed by atoms with Gasteiger partial charge in [0, 0.05) is 29.1 Å². The van der Waals surface area contributed by atoms with Crippen molar-refractivity contribution in [1.82, 2.24) is 0 Å². The second kappa shape index (κ2) is 6.29. The topological polar surface area (TPSA) is 3.24 Å². The van der Waals surface area contributed by atoms with Crippen LogP contribution < -0.4 is 4.90 Å². The van der Waals surface area contributed by atoms with E-state index < -0.39 is 0 Å². The van der Waals surface area contributed by atoms with E-state index >= 15 is 0 Å². The molecular weight excluding hydrogens is 310 g/mol. The lowest BCUT2D eigenvalue weighted by Crippen LogP contribution is -2.35. The third-order valence-electron chi connectivity index (χ3n) is 4.01. The second-order valence-corrected chi connectivity index (χ2v) is 6.66. The van der Waals surface area contributed by atoms with Crippen LogP contribution >= 0.6 is 27.5 Å². The molecule has 0 N–H and O–H groups in total. The maximum atomic E-state index is 6.05. The zero-order chi connectivity index (χ0) is 13.1. The van der Waals surface area contributed by atoms with Crippen LogP contribution in [0.25, 0.3) is 0 Å². The molecule has 0 bridgehead atoms. The Bertz CT molecular complexity index is 397. The molecule has 0 aliphatic carbocycles. The average molecular weight is 331 g/mol. The molecule has 1 aromatic carbocycles. The van der Waals surface area contributed by atoms with Crippen LogP contribution in [0.15, 0.2) is 22.7 Å². The first-order valence-electron chi connectivity index (χ1n) is 6.71. The molecule has 100 valence electrons. The Hall–Kier alpha value is -0.210. The van der Waals surface area contributed by atoms with Crippen molar-refractivity contribution >= 4 is 33.2 Å². The van der Waals surface area contributed by atoms with Gasteiger partial charge in [-0.3, -0.25) is 0 Å². The molecule has 1 aliphatic heterocycles. The highest BCUT2D eigenvalue weighted by atomic mass is 79.9. The number of piperidine rings is 1. The number of hydrogen-bond acceptors (Lipinski definition) is 1. The van der Waals surface area contributed by atoms with Gasteiger partial charge in [0.05, 0.1) is 0 Å². The Kier molecular flexibility index (Phi) is 4.97. The lowest BCUT2D eigenvalue weighted by atomic mass is 9.86. The number of hydrogen-bond donors (Lipinski definition) is 0. The van der Waals surface area contributed by atoms with Crippen molar-refractivity contribution in [2.24, 2.45) is 11.8 Å². The Morgan fingerprint density at radius 3 is 2.56 bits per heavy atom. The highest BCUT2D eigenvalue weighted by Crippen LogP contribution is 2.31. The summed E-state index contributed by atoms with van der Waals surface area (Å²) in [5, 5.41) is 0. The van der Waals surface area contributed by atoms with Gasteiger partial charge in [0.15, 0.2) is 0 Å². The van der Waals surface area contributed by atoms with Crippen molar-refractivity contribution in [1.29, 1.82) is 0 Å². The minimum Gasteiger partial charge on any atom is -0.371 e. The lowest BCUT2D eigenvalue weighted by molar-refractivity contribution is 0.311. The second-order valence-electron chi connectivity index (χ2n) is 5.48. The van der Waals surface area contributed by atoms with Gasteiger partial charge in [0.1, 0.15) is 0 Å². The van der Waals surface area contributed by atoms with E-state index in [-0.39, 0.29) is 0 Å². The summed E-state index contributed by atoms with van der Waals surface area (Å²) in [6, 6.07) is 6.44. The predicted molar refractivity (Wildman–Crippen MR) is 83.5 cm³/mol. The van der Waals surface area contributed by atoms with Crippen LogP contribution in [0.5, 0.6) is 0 Å². The number of nitrogens with zero attached hydrogens (tertiary/aromatic N) is 1. The molecule has 2 rings (SSSR count). The first-order chi connectivity index (χ1) is 8.61. The zero-order valence-electron chi connectivity index (χ0n) is 11.1. The van der Waals surface area contributed by atoms with Crippen molar-refractivity contribution < 1.29 is 0 Å². The van der Waals surface area contributed by atoms with Gasteiger partial charge in [-0.1, -0.05) is 29.8 Å². The molecule has 0 atom stereocenters. The van der Waals surface area contributed by atoms with E-state index in [4.69, 9.17) is 11.6 Å². The number of rotatable bonds is 3. The van der Waals surface area contributed by atoms with Crippen LogP contribution in [0.4, 0.5) is 5.69 Å². The minimum absolute atomic E-state index is 0.582. The van der Waals surface area contributed by atoms with Gasteiger partial charge in [-0.15, -0.1) is 11.6 Å². The Morgan fingerprint density at radius 1 is 1.33 bits per heavy atom. The summed E-state index contributed by atoms with van der Waals surface area (Å²) in [6.07, 6.45) is 2.60. The molecule has 1 aromatic rings. The fourth-order valence-electron chi connectivity index (χ4n) is 2.78. The summed E-state index contributed by atoms with van der Waals surface area (Å²) < 4.78 is 1.11. The zero-order valence-corrected chi connectivity index (χ0v) is 13.5. The van der Waals surface area contributed by atoms with Gasteiger partial charge in [0.25, 0.3) is 0 Å². The van der Waals surface area contributed by atoms with Crippen molar-refractivity contribution in [3.05, 3.63) is 28.2 Å². The SMILES string of the molecule is CC(C)C1CCN(c2ccc(Br)cc2CCl)CC1. The summed E-state index contributed by atoms with van der Waals surface area (Å²) in [7, 11) is 0. The molecular formula is C15H21BrClN. The fraction of sp³-hybridized carbons (Fsp3) is 0.600. The van der Waals surface area contributed by atoms with Gasteiger partial charge in [-0.25, -0.2) is 0 Å². The maximum Gasteiger partial charge on any atom is 0.0494 e. The van der Waals surface area contributed by atoms with Crippen molar-refractivity contribution in [2.75, 3.05) is 18.0 Å². The van der Waals surface area contributed by atoms with Crippen LogP contribution in [0.1, 0.15) is 32.3 Å². The molecule has 0 aromatic heterocycles. The molecule has 0 spiro atoms. The molecule has 18 heavy (non-hydrogen) atoms. The third kappa shape index (κ3) is 3.21. The van der Waals surface area contributed by atoms with Crippen molar-refractivity contribution in [3.8, 4) is 0 Å². The fourth-order valence-corrected chi connectivity index (χ4v) is 3.40. The molecule has 3 heteroatoms. The monoisotopic (exact) mass is 329 g/mol. The number of benzene rings is 1. The van der Waals surface area contributed by atoms with Crippen molar-refractivity contribution in [2.45, 2.75) is 32.6 Å². The van der Waals surface area contributed by atoms with Crippen LogP contribution in [-0.4, -0.2) is 13.1 Å². The first-order valence-corrected chi connectivity index (χ1v) is 8.04.